The quantitative estimate of drug-likeness (QED) is 0.362. The van der Waals surface area contributed by atoms with E-state index >= 15 is 0 Å². The van der Waals surface area contributed by atoms with E-state index < -0.39 is 40.1 Å². The number of ether oxygens (including phenoxy) is 1. The molecule has 2 heterocycles. The molecule has 9 nitrogen and oxygen atoms in total. The zero-order valence-corrected chi connectivity index (χ0v) is 23.3. The van der Waals surface area contributed by atoms with Crippen molar-refractivity contribution < 1.29 is 40.3 Å². The molecule has 0 unspecified atom stereocenters. The largest absolute Gasteiger partial charge is 0.492 e. The van der Waals surface area contributed by atoms with E-state index in [2.05, 4.69) is 4.98 Å². The van der Waals surface area contributed by atoms with Crippen LogP contribution in [0.15, 0.2) is 60.9 Å². The average Bonchev–Trinajstić information content (AvgIpc) is 2.96. The van der Waals surface area contributed by atoms with Crippen LogP contribution in [0.2, 0.25) is 0 Å². The minimum atomic E-state index is -4.66. The van der Waals surface area contributed by atoms with E-state index in [1.807, 2.05) is 11.8 Å². The highest BCUT2D eigenvalue weighted by molar-refractivity contribution is 7.90. The minimum Gasteiger partial charge on any atom is -0.492 e. The van der Waals surface area contributed by atoms with Gasteiger partial charge in [-0.2, -0.15) is 13.2 Å². The Morgan fingerprint density at radius 2 is 1.64 bits per heavy atom. The fourth-order valence-corrected chi connectivity index (χ4v) is 5.37. The average molecular weight is 609 g/mol. The monoisotopic (exact) mass is 608 g/mol. The highest BCUT2D eigenvalue weighted by Gasteiger charge is 2.30. The molecule has 0 spiro atoms. The molecule has 1 saturated heterocycles. The lowest BCUT2D eigenvalue weighted by Crippen LogP contribution is -2.48. The van der Waals surface area contributed by atoms with E-state index in [0.29, 0.717) is 55.3 Å². The summed E-state index contributed by atoms with van der Waals surface area (Å²) in [7, 11) is -4.45. The van der Waals surface area contributed by atoms with Crippen molar-refractivity contribution >= 4 is 27.5 Å². The number of amides is 2. The SMILES string of the molecule is CCOc1cncc(-c2ccc(C(=O)N3CCN(c4ccc(C(=O)NS(=O)(=O)CCC(F)(F)F)cc4)CC3)cc2F)c1. The molecule has 0 aliphatic carbocycles. The van der Waals surface area contributed by atoms with Gasteiger partial charge in [-0.3, -0.25) is 14.6 Å². The molecule has 1 fully saturated rings. The Labute approximate surface area is 240 Å². The maximum Gasteiger partial charge on any atom is 0.390 e. The highest BCUT2D eigenvalue weighted by Crippen LogP contribution is 2.27. The first kappa shape index (κ1) is 30.8. The number of nitrogens with zero attached hydrogens (tertiary/aromatic N) is 3. The number of pyridine rings is 1. The van der Waals surface area contributed by atoms with E-state index in [1.54, 1.807) is 33.9 Å². The van der Waals surface area contributed by atoms with Crippen molar-refractivity contribution in [3.63, 3.8) is 0 Å². The summed E-state index contributed by atoms with van der Waals surface area (Å²) in [6.07, 6.45) is -3.18. The number of halogens is 4. The van der Waals surface area contributed by atoms with Crippen LogP contribution in [-0.4, -0.2) is 74.8 Å². The fourth-order valence-electron chi connectivity index (χ4n) is 4.37. The molecule has 0 bridgehead atoms. The zero-order valence-electron chi connectivity index (χ0n) is 22.5. The first-order valence-corrected chi connectivity index (χ1v) is 14.6. The Bertz CT molecular complexity index is 1540. The number of rotatable bonds is 9. The molecule has 0 saturated carbocycles. The molecule has 1 aliphatic rings. The second-order valence-corrected chi connectivity index (χ2v) is 11.3. The normalized spacial score (nSPS) is 14.0. The van der Waals surface area contributed by atoms with Crippen LogP contribution >= 0.6 is 0 Å². The highest BCUT2D eigenvalue weighted by atomic mass is 32.2. The number of nitrogens with one attached hydrogen (secondary N) is 1. The van der Waals surface area contributed by atoms with Crippen molar-refractivity contribution in [1.82, 2.24) is 14.6 Å². The second kappa shape index (κ2) is 12.8. The van der Waals surface area contributed by atoms with Crippen molar-refractivity contribution in [3.8, 4) is 16.9 Å². The van der Waals surface area contributed by atoms with E-state index in [-0.39, 0.29) is 17.0 Å². The van der Waals surface area contributed by atoms with Crippen LogP contribution in [0.4, 0.5) is 23.2 Å². The van der Waals surface area contributed by atoms with Crippen molar-refractivity contribution in [2.45, 2.75) is 19.5 Å². The smallest absolute Gasteiger partial charge is 0.390 e. The van der Waals surface area contributed by atoms with Crippen LogP contribution < -0.4 is 14.4 Å². The number of sulfonamides is 1. The topological polar surface area (TPSA) is 109 Å². The summed E-state index contributed by atoms with van der Waals surface area (Å²) >= 11 is 0. The summed E-state index contributed by atoms with van der Waals surface area (Å²) in [5.41, 5.74) is 1.70. The number of carbonyl (C=O) groups excluding carboxylic acids is 2. The maximum atomic E-state index is 15.0. The molecule has 14 heteroatoms. The number of alkyl halides is 3. The predicted octanol–water partition coefficient (Wildman–Crippen LogP) is 4.26. The lowest BCUT2D eigenvalue weighted by Gasteiger charge is -2.36. The predicted molar refractivity (Wildman–Crippen MR) is 147 cm³/mol. The van der Waals surface area contributed by atoms with Gasteiger partial charge in [0.25, 0.3) is 11.8 Å². The van der Waals surface area contributed by atoms with Gasteiger partial charge in [0.15, 0.2) is 0 Å². The molecular weight excluding hydrogens is 580 g/mol. The fraction of sp³-hybridized carbons (Fsp3) is 0.321. The Kier molecular flexibility index (Phi) is 9.34. The summed E-state index contributed by atoms with van der Waals surface area (Å²) in [6, 6.07) is 11.9. The van der Waals surface area contributed by atoms with Gasteiger partial charge in [0.1, 0.15) is 11.6 Å². The van der Waals surface area contributed by atoms with Crippen LogP contribution in [0.3, 0.4) is 0 Å². The first-order chi connectivity index (χ1) is 19.8. The van der Waals surface area contributed by atoms with Crippen LogP contribution in [0.5, 0.6) is 5.75 Å². The molecular formula is C28H28F4N4O5S. The number of benzene rings is 2. The molecule has 1 aromatic heterocycles. The van der Waals surface area contributed by atoms with E-state index in [9.17, 15) is 35.6 Å². The number of anilines is 1. The molecule has 4 rings (SSSR count). The maximum absolute atomic E-state index is 15.0. The molecule has 0 atom stereocenters. The molecule has 42 heavy (non-hydrogen) atoms. The minimum absolute atomic E-state index is 0.0333. The van der Waals surface area contributed by atoms with Gasteiger partial charge in [0, 0.05) is 60.3 Å². The van der Waals surface area contributed by atoms with Crippen molar-refractivity contribution in [1.29, 1.82) is 0 Å². The van der Waals surface area contributed by atoms with E-state index in [0.717, 1.165) is 0 Å². The van der Waals surface area contributed by atoms with Crippen LogP contribution in [0.1, 0.15) is 34.1 Å². The van der Waals surface area contributed by atoms with E-state index in [1.165, 1.54) is 36.7 Å². The molecule has 1 aliphatic heterocycles. The number of piperazine rings is 1. The molecule has 0 radical (unpaired) electrons. The Morgan fingerprint density at radius 3 is 2.26 bits per heavy atom. The molecule has 224 valence electrons. The van der Waals surface area contributed by atoms with Crippen LogP contribution in [0, 0.1) is 5.82 Å². The molecule has 2 amide bonds. The van der Waals surface area contributed by atoms with Crippen molar-refractivity contribution in [2.75, 3.05) is 43.4 Å². The lowest BCUT2D eigenvalue weighted by atomic mass is 10.0. The third-order valence-corrected chi connectivity index (χ3v) is 7.75. The van der Waals surface area contributed by atoms with Gasteiger partial charge in [-0.1, -0.05) is 6.07 Å². The standard InChI is InChI=1S/C28H28F4N4O5S/c1-2-41-23-15-21(17-33-18-23)24-8-5-20(16-25(24)29)27(38)36-12-10-35(11-13-36)22-6-3-19(4-7-22)26(37)34-42(39,40)14-9-28(30,31)32/h3-8,15-18H,2,9-14H2,1H3,(H,34,37). The van der Waals surface area contributed by atoms with Gasteiger partial charge in [0.05, 0.1) is 25.0 Å². The molecule has 2 aromatic carbocycles. The third-order valence-electron chi connectivity index (χ3n) is 6.52. The van der Waals surface area contributed by atoms with Crippen LogP contribution in [0.25, 0.3) is 11.1 Å². The zero-order chi connectivity index (χ0) is 30.5. The summed E-state index contributed by atoms with van der Waals surface area (Å²) in [6.45, 7) is 3.86. The third kappa shape index (κ3) is 7.96. The summed E-state index contributed by atoms with van der Waals surface area (Å²) in [5, 5.41) is 0. The van der Waals surface area contributed by atoms with Gasteiger partial charge in [-0.15, -0.1) is 0 Å². The second-order valence-electron chi connectivity index (χ2n) is 9.48. The van der Waals surface area contributed by atoms with Gasteiger partial charge < -0.3 is 14.5 Å². The number of hydrogen-bond acceptors (Lipinski definition) is 7. The number of hydrogen-bond donors (Lipinski definition) is 1. The summed E-state index contributed by atoms with van der Waals surface area (Å²) in [4.78, 5) is 32.9. The van der Waals surface area contributed by atoms with Gasteiger partial charge in [-0.25, -0.2) is 17.5 Å². The van der Waals surface area contributed by atoms with Gasteiger partial charge in [-0.05, 0) is 49.4 Å². The summed E-state index contributed by atoms with van der Waals surface area (Å²) in [5.74, 6) is -2.65. The number of carbonyl (C=O) groups is 2. The Balaban J connectivity index is 1.33. The van der Waals surface area contributed by atoms with E-state index in [4.69, 9.17) is 4.74 Å². The van der Waals surface area contributed by atoms with Crippen molar-refractivity contribution in [2.24, 2.45) is 0 Å². The Morgan fingerprint density at radius 1 is 0.976 bits per heavy atom. The molecule has 1 N–H and O–H groups in total. The Hall–Kier alpha value is -4.20. The van der Waals surface area contributed by atoms with Gasteiger partial charge in [0.2, 0.25) is 10.0 Å². The molecule has 3 aromatic rings. The van der Waals surface area contributed by atoms with Crippen molar-refractivity contribution in [3.05, 3.63) is 77.9 Å². The van der Waals surface area contributed by atoms with Gasteiger partial charge >= 0.3 is 6.18 Å². The number of aromatic nitrogens is 1. The first-order valence-electron chi connectivity index (χ1n) is 13.0. The lowest BCUT2D eigenvalue weighted by molar-refractivity contribution is -0.130. The van der Waals surface area contributed by atoms with Crippen LogP contribution in [-0.2, 0) is 10.0 Å². The summed E-state index contributed by atoms with van der Waals surface area (Å²) < 4.78 is 82.6.